The highest BCUT2D eigenvalue weighted by molar-refractivity contribution is 6.03. The topological polar surface area (TPSA) is 44.8 Å². The lowest BCUT2D eigenvalue weighted by Crippen LogP contribution is -2.32. The van der Waals surface area contributed by atoms with E-state index in [1.54, 1.807) is 19.1 Å². The number of carbonyl (C=O) groups is 1. The van der Waals surface area contributed by atoms with Crippen molar-refractivity contribution in [2.45, 2.75) is 38.9 Å². The number of hydrogen-bond donors (Lipinski definition) is 0. The number of hydrogen-bond acceptors (Lipinski definition) is 4. The first kappa shape index (κ1) is 12.9. The predicted octanol–water partition coefficient (Wildman–Crippen LogP) is 2.16. The van der Waals surface area contributed by atoms with E-state index < -0.39 is 11.2 Å². The predicted molar refractivity (Wildman–Crippen MR) is 59.6 cm³/mol. The average molecular weight is 226 g/mol. The van der Waals surface area contributed by atoms with Crippen LogP contribution in [0.25, 0.3) is 0 Å². The number of rotatable bonds is 3. The van der Waals surface area contributed by atoms with Crippen LogP contribution >= 0.6 is 0 Å². The van der Waals surface area contributed by atoms with Gasteiger partial charge in [-0.15, -0.1) is 0 Å². The molecule has 0 aromatic rings. The van der Waals surface area contributed by atoms with E-state index in [-0.39, 0.29) is 11.5 Å². The van der Waals surface area contributed by atoms with Crippen molar-refractivity contribution in [1.29, 1.82) is 0 Å². The Balaban J connectivity index is 2.75. The molecule has 0 heterocycles. The molecule has 0 aliphatic heterocycles. The summed E-state index contributed by atoms with van der Waals surface area (Å²) in [5, 5.41) is 0. The minimum Gasteiger partial charge on any atom is -0.493 e. The molecule has 90 valence electrons. The maximum atomic E-state index is 11.3. The largest absolute Gasteiger partial charge is 0.493 e. The minimum absolute atomic E-state index is 0.167. The third-order valence-electron chi connectivity index (χ3n) is 1.92. The van der Waals surface area contributed by atoms with Gasteiger partial charge in [-0.1, -0.05) is 0 Å². The van der Waals surface area contributed by atoms with Crippen molar-refractivity contribution < 1.29 is 19.3 Å². The summed E-state index contributed by atoms with van der Waals surface area (Å²) in [6, 6.07) is 0. The summed E-state index contributed by atoms with van der Waals surface area (Å²) in [7, 11) is 1.45. The molecule has 0 N–H and O–H groups in total. The molecule has 4 nitrogen and oxygen atoms in total. The van der Waals surface area contributed by atoms with Gasteiger partial charge in [0.2, 0.25) is 5.78 Å². The van der Waals surface area contributed by atoms with E-state index in [0.717, 1.165) is 0 Å². The first-order chi connectivity index (χ1) is 7.26. The van der Waals surface area contributed by atoms with Gasteiger partial charge in [-0.2, -0.15) is 0 Å². The van der Waals surface area contributed by atoms with Crippen molar-refractivity contribution in [3.8, 4) is 0 Å². The van der Waals surface area contributed by atoms with Crippen LogP contribution < -0.4 is 0 Å². The molecule has 0 fully saturated rings. The number of allylic oxidation sites excluding steroid dienone is 1. The zero-order chi connectivity index (χ0) is 12.4. The Labute approximate surface area is 95.8 Å². The first-order valence-corrected chi connectivity index (χ1v) is 5.13. The van der Waals surface area contributed by atoms with Crippen LogP contribution in [0.4, 0.5) is 0 Å². The Hall–Kier alpha value is -1.13. The maximum absolute atomic E-state index is 11.3. The second-order valence-corrected chi connectivity index (χ2v) is 4.87. The summed E-state index contributed by atoms with van der Waals surface area (Å²) in [6.45, 7) is 7.44. The summed E-state index contributed by atoms with van der Waals surface area (Å²) in [5.41, 5.74) is -1.17. The first-order valence-electron chi connectivity index (χ1n) is 5.13. The van der Waals surface area contributed by atoms with Gasteiger partial charge in [-0.25, -0.2) is 9.78 Å². The summed E-state index contributed by atoms with van der Waals surface area (Å²) in [5.74, 6) is 0.0989. The Bertz CT molecular complexity index is 335. The molecule has 1 unspecified atom stereocenters. The molecule has 1 aliphatic rings. The van der Waals surface area contributed by atoms with Gasteiger partial charge in [0.15, 0.2) is 5.76 Å². The zero-order valence-corrected chi connectivity index (χ0v) is 10.4. The second kappa shape index (κ2) is 4.39. The maximum Gasteiger partial charge on any atom is 0.219 e. The molecule has 1 rings (SSSR count). The fourth-order valence-electron chi connectivity index (χ4n) is 1.13. The monoisotopic (exact) mass is 226 g/mol. The Morgan fingerprint density at radius 1 is 1.31 bits per heavy atom. The van der Waals surface area contributed by atoms with Crippen LogP contribution in [-0.2, 0) is 19.3 Å². The summed E-state index contributed by atoms with van der Waals surface area (Å²) in [4.78, 5) is 21.9. The average Bonchev–Trinajstić information content (AvgIpc) is 2.19. The summed E-state index contributed by atoms with van der Waals surface area (Å²) in [6.07, 6.45) is 4.66. The minimum atomic E-state index is -0.771. The molecule has 0 saturated carbocycles. The van der Waals surface area contributed by atoms with Crippen LogP contribution in [-0.4, -0.2) is 24.1 Å². The number of methoxy groups -OCH3 is 1. The number of carbonyl (C=O) groups excluding carboxylic acids is 1. The lowest BCUT2D eigenvalue weighted by Gasteiger charge is -2.28. The Kier molecular flexibility index (Phi) is 3.55. The van der Waals surface area contributed by atoms with Gasteiger partial charge in [0.1, 0.15) is 5.60 Å². The summed E-state index contributed by atoms with van der Waals surface area (Å²) < 4.78 is 4.96. The molecular formula is C12H18O4. The van der Waals surface area contributed by atoms with E-state index in [1.165, 1.54) is 13.2 Å². The molecule has 0 aromatic heterocycles. The van der Waals surface area contributed by atoms with Gasteiger partial charge in [-0.3, -0.25) is 4.79 Å². The van der Waals surface area contributed by atoms with E-state index in [1.807, 2.05) is 20.8 Å². The lowest BCUT2D eigenvalue weighted by molar-refractivity contribution is -0.380. The smallest absolute Gasteiger partial charge is 0.219 e. The Morgan fingerprint density at radius 2 is 1.94 bits per heavy atom. The van der Waals surface area contributed by atoms with Gasteiger partial charge >= 0.3 is 0 Å². The van der Waals surface area contributed by atoms with Gasteiger partial charge in [0.25, 0.3) is 0 Å². The Morgan fingerprint density at radius 3 is 2.44 bits per heavy atom. The van der Waals surface area contributed by atoms with Crippen LogP contribution in [0, 0.1) is 0 Å². The SMILES string of the molecule is COC1=CC(C)(OOC(C)(C)C)C=CC1=O. The van der Waals surface area contributed by atoms with E-state index in [0.29, 0.717) is 0 Å². The lowest BCUT2D eigenvalue weighted by atomic mass is 9.99. The molecule has 1 atom stereocenters. The van der Waals surface area contributed by atoms with E-state index in [4.69, 9.17) is 14.5 Å². The molecular weight excluding hydrogens is 208 g/mol. The molecule has 0 amide bonds. The molecule has 16 heavy (non-hydrogen) atoms. The van der Waals surface area contributed by atoms with E-state index >= 15 is 0 Å². The highest BCUT2D eigenvalue weighted by atomic mass is 17.2. The van der Waals surface area contributed by atoms with Gasteiger partial charge in [-0.05, 0) is 39.8 Å². The van der Waals surface area contributed by atoms with Crippen molar-refractivity contribution in [1.82, 2.24) is 0 Å². The van der Waals surface area contributed by atoms with Crippen LogP contribution in [0.3, 0.4) is 0 Å². The standard InChI is InChI=1S/C12H18O4/c1-11(2,3)15-16-12(4)7-6-9(13)10(8-12)14-5/h6-8H,1-5H3. The van der Waals surface area contributed by atoms with Crippen molar-refractivity contribution >= 4 is 5.78 Å². The fourth-order valence-corrected chi connectivity index (χ4v) is 1.13. The van der Waals surface area contributed by atoms with E-state index in [2.05, 4.69) is 0 Å². The number of ether oxygens (including phenoxy) is 1. The van der Waals surface area contributed by atoms with Crippen molar-refractivity contribution in [3.63, 3.8) is 0 Å². The van der Waals surface area contributed by atoms with Gasteiger partial charge in [0.05, 0.1) is 12.7 Å². The summed E-state index contributed by atoms with van der Waals surface area (Å²) >= 11 is 0. The zero-order valence-electron chi connectivity index (χ0n) is 10.4. The molecule has 1 aliphatic carbocycles. The van der Waals surface area contributed by atoms with Gasteiger partial charge in [0, 0.05) is 6.08 Å². The molecule has 0 spiro atoms. The van der Waals surface area contributed by atoms with Crippen molar-refractivity contribution in [2.24, 2.45) is 0 Å². The molecule has 0 aromatic carbocycles. The van der Waals surface area contributed by atoms with Gasteiger partial charge < -0.3 is 4.74 Å². The molecule has 0 radical (unpaired) electrons. The van der Waals surface area contributed by atoms with Crippen LogP contribution in [0.15, 0.2) is 24.0 Å². The highest BCUT2D eigenvalue weighted by Gasteiger charge is 2.29. The van der Waals surface area contributed by atoms with E-state index in [9.17, 15) is 4.79 Å². The highest BCUT2D eigenvalue weighted by Crippen LogP contribution is 2.24. The molecule has 0 saturated heterocycles. The van der Waals surface area contributed by atoms with Crippen LogP contribution in [0.5, 0.6) is 0 Å². The van der Waals surface area contributed by atoms with Crippen LogP contribution in [0.1, 0.15) is 27.7 Å². The normalized spacial score (nSPS) is 25.6. The number of ketones is 1. The molecule has 0 bridgehead atoms. The third-order valence-corrected chi connectivity index (χ3v) is 1.92. The van der Waals surface area contributed by atoms with Crippen LogP contribution in [0.2, 0.25) is 0 Å². The quantitative estimate of drug-likeness (QED) is 0.546. The van der Waals surface area contributed by atoms with Crippen molar-refractivity contribution in [2.75, 3.05) is 7.11 Å². The van der Waals surface area contributed by atoms with Crippen molar-refractivity contribution in [3.05, 3.63) is 24.0 Å². The third kappa shape index (κ3) is 3.47. The second-order valence-electron chi connectivity index (χ2n) is 4.87. The molecule has 4 heteroatoms. The fraction of sp³-hybridized carbons (Fsp3) is 0.583.